The lowest BCUT2D eigenvalue weighted by Crippen LogP contribution is -2.37. The molecule has 1 unspecified atom stereocenters. The number of halogens is 1. The summed E-state index contributed by atoms with van der Waals surface area (Å²) in [7, 11) is 1.72. The minimum atomic E-state index is -0.526. The predicted octanol–water partition coefficient (Wildman–Crippen LogP) is 0.0276. The van der Waals surface area contributed by atoms with E-state index >= 15 is 0 Å². The first-order chi connectivity index (χ1) is 8.58. The van der Waals surface area contributed by atoms with Crippen LogP contribution in [0.15, 0.2) is 12.3 Å². The van der Waals surface area contributed by atoms with Crippen molar-refractivity contribution in [1.82, 2.24) is 15.2 Å². The average molecular weight is 287 g/mol. The van der Waals surface area contributed by atoms with Crippen molar-refractivity contribution in [2.75, 3.05) is 13.1 Å². The van der Waals surface area contributed by atoms with Crippen LogP contribution >= 0.6 is 12.4 Å². The normalized spacial score (nSPS) is 17.8. The zero-order valence-electron chi connectivity index (χ0n) is 10.8. The number of amides is 2. The monoisotopic (exact) mass is 286 g/mol. The van der Waals surface area contributed by atoms with Gasteiger partial charge in [-0.3, -0.25) is 9.59 Å². The maximum atomic E-state index is 11.9. The fourth-order valence-electron chi connectivity index (χ4n) is 2.16. The standard InChI is InChI=1S/C12H18N4O2.ClH/c1-16-7-8(11(13)17)5-10(16)12(18)15-6-9-3-2-4-14-9;/h5,7,9,14H,2-4,6H2,1H3,(H2,13,17)(H,15,18);1H. The zero-order chi connectivity index (χ0) is 13.1. The molecule has 0 saturated carbocycles. The predicted molar refractivity (Wildman–Crippen MR) is 74.5 cm³/mol. The molecule has 6 nitrogen and oxygen atoms in total. The summed E-state index contributed by atoms with van der Waals surface area (Å²) in [6, 6.07) is 1.87. The first-order valence-electron chi connectivity index (χ1n) is 6.05. The Morgan fingerprint density at radius 3 is 2.84 bits per heavy atom. The molecule has 0 aromatic carbocycles. The minimum Gasteiger partial charge on any atom is -0.366 e. The summed E-state index contributed by atoms with van der Waals surface area (Å²) in [6.45, 7) is 1.62. The van der Waals surface area contributed by atoms with E-state index in [1.165, 1.54) is 6.07 Å². The van der Waals surface area contributed by atoms with Crippen LogP contribution in [0.4, 0.5) is 0 Å². The Morgan fingerprint density at radius 1 is 1.58 bits per heavy atom. The number of hydrogen-bond acceptors (Lipinski definition) is 3. The van der Waals surface area contributed by atoms with Gasteiger partial charge in [-0.15, -0.1) is 12.4 Å². The van der Waals surface area contributed by atoms with Gasteiger partial charge < -0.3 is 20.9 Å². The fraction of sp³-hybridized carbons (Fsp3) is 0.500. The van der Waals surface area contributed by atoms with Crippen LogP contribution in [0.3, 0.4) is 0 Å². The third kappa shape index (κ3) is 3.71. The molecule has 1 atom stereocenters. The molecule has 0 radical (unpaired) electrons. The van der Waals surface area contributed by atoms with E-state index in [9.17, 15) is 9.59 Å². The number of nitrogens with two attached hydrogens (primary N) is 1. The molecule has 0 aliphatic carbocycles. The molecule has 7 heteroatoms. The number of primary amides is 1. The number of nitrogens with one attached hydrogen (secondary N) is 2. The summed E-state index contributed by atoms with van der Waals surface area (Å²) >= 11 is 0. The second-order valence-electron chi connectivity index (χ2n) is 4.59. The van der Waals surface area contributed by atoms with E-state index in [0.29, 0.717) is 23.8 Å². The molecule has 1 saturated heterocycles. The topological polar surface area (TPSA) is 89.2 Å². The number of carbonyl (C=O) groups excluding carboxylic acids is 2. The van der Waals surface area contributed by atoms with Crippen molar-refractivity contribution in [2.24, 2.45) is 12.8 Å². The van der Waals surface area contributed by atoms with Crippen LogP contribution < -0.4 is 16.4 Å². The number of hydrogen-bond donors (Lipinski definition) is 3. The van der Waals surface area contributed by atoms with E-state index in [0.717, 1.165) is 19.4 Å². The molecule has 2 amide bonds. The fourth-order valence-corrected chi connectivity index (χ4v) is 2.16. The van der Waals surface area contributed by atoms with Gasteiger partial charge in [0, 0.05) is 25.8 Å². The van der Waals surface area contributed by atoms with Crippen molar-refractivity contribution in [2.45, 2.75) is 18.9 Å². The number of nitrogens with zero attached hydrogens (tertiary/aromatic N) is 1. The van der Waals surface area contributed by atoms with Gasteiger partial charge in [-0.05, 0) is 25.5 Å². The lowest BCUT2D eigenvalue weighted by molar-refractivity contribution is 0.0942. The maximum absolute atomic E-state index is 11.9. The summed E-state index contributed by atoms with van der Waals surface area (Å²) in [6.07, 6.45) is 3.79. The van der Waals surface area contributed by atoms with Gasteiger partial charge in [-0.25, -0.2) is 0 Å². The zero-order valence-corrected chi connectivity index (χ0v) is 11.6. The van der Waals surface area contributed by atoms with Crippen molar-refractivity contribution in [3.8, 4) is 0 Å². The third-order valence-electron chi connectivity index (χ3n) is 3.19. The highest BCUT2D eigenvalue weighted by Gasteiger charge is 2.17. The lowest BCUT2D eigenvalue weighted by Gasteiger charge is -2.11. The molecule has 4 N–H and O–H groups in total. The first kappa shape index (κ1) is 15.5. The number of aryl methyl sites for hydroxylation is 1. The molecular weight excluding hydrogens is 268 g/mol. The lowest BCUT2D eigenvalue weighted by atomic mass is 10.2. The molecule has 1 aliphatic rings. The molecule has 2 heterocycles. The van der Waals surface area contributed by atoms with Gasteiger partial charge in [0.1, 0.15) is 5.69 Å². The quantitative estimate of drug-likeness (QED) is 0.729. The van der Waals surface area contributed by atoms with Crippen LogP contribution in [0.2, 0.25) is 0 Å². The van der Waals surface area contributed by atoms with Gasteiger partial charge in [0.25, 0.3) is 5.91 Å². The first-order valence-corrected chi connectivity index (χ1v) is 6.05. The highest BCUT2D eigenvalue weighted by molar-refractivity contribution is 5.98. The van der Waals surface area contributed by atoms with Gasteiger partial charge in [-0.1, -0.05) is 0 Å². The number of aromatic nitrogens is 1. The average Bonchev–Trinajstić information content (AvgIpc) is 2.94. The molecule has 0 spiro atoms. The Morgan fingerprint density at radius 2 is 2.32 bits per heavy atom. The van der Waals surface area contributed by atoms with Crippen molar-refractivity contribution >= 4 is 24.2 Å². The maximum Gasteiger partial charge on any atom is 0.267 e. The Balaban J connectivity index is 0.00000180. The van der Waals surface area contributed by atoms with Crippen molar-refractivity contribution in [1.29, 1.82) is 0 Å². The molecule has 19 heavy (non-hydrogen) atoms. The molecule has 0 bridgehead atoms. The highest BCUT2D eigenvalue weighted by Crippen LogP contribution is 2.07. The van der Waals surface area contributed by atoms with Crippen LogP contribution in [0.25, 0.3) is 0 Å². The van der Waals surface area contributed by atoms with E-state index < -0.39 is 5.91 Å². The SMILES string of the molecule is Cl.Cn1cc(C(N)=O)cc1C(=O)NCC1CCCN1. The molecular formula is C12H19ClN4O2. The Kier molecular flexibility index (Phi) is 5.38. The van der Waals surface area contributed by atoms with E-state index in [1.807, 2.05) is 0 Å². The van der Waals surface area contributed by atoms with Crippen molar-refractivity contribution < 1.29 is 9.59 Å². The molecule has 1 aliphatic heterocycles. The van der Waals surface area contributed by atoms with E-state index in [1.54, 1.807) is 17.8 Å². The summed E-state index contributed by atoms with van der Waals surface area (Å²) in [5.74, 6) is -0.708. The summed E-state index contributed by atoms with van der Waals surface area (Å²) in [4.78, 5) is 23.0. The van der Waals surface area contributed by atoms with Crippen molar-refractivity contribution in [3.63, 3.8) is 0 Å². The van der Waals surface area contributed by atoms with Crippen molar-refractivity contribution in [3.05, 3.63) is 23.5 Å². The van der Waals surface area contributed by atoms with Crippen LogP contribution in [0.5, 0.6) is 0 Å². The van der Waals surface area contributed by atoms with E-state index in [2.05, 4.69) is 10.6 Å². The second-order valence-corrected chi connectivity index (χ2v) is 4.59. The van der Waals surface area contributed by atoms with E-state index in [4.69, 9.17) is 5.73 Å². The minimum absolute atomic E-state index is 0. The van der Waals surface area contributed by atoms with Crippen LogP contribution in [0, 0.1) is 0 Å². The third-order valence-corrected chi connectivity index (χ3v) is 3.19. The number of rotatable bonds is 4. The Bertz CT molecular complexity index is 466. The molecule has 1 aromatic rings. The molecule has 2 rings (SSSR count). The van der Waals surface area contributed by atoms with Crippen LogP contribution in [-0.2, 0) is 7.05 Å². The summed E-state index contributed by atoms with van der Waals surface area (Å²) in [5.41, 5.74) is 5.97. The smallest absolute Gasteiger partial charge is 0.267 e. The van der Waals surface area contributed by atoms with Crippen LogP contribution in [0.1, 0.15) is 33.7 Å². The highest BCUT2D eigenvalue weighted by atomic mass is 35.5. The van der Waals surface area contributed by atoms with Gasteiger partial charge in [0.05, 0.1) is 5.56 Å². The molecule has 1 aromatic heterocycles. The number of carbonyl (C=O) groups is 2. The van der Waals surface area contributed by atoms with Gasteiger partial charge >= 0.3 is 0 Å². The summed E-state index contributed by atoms with van der Waals surface area (Å²) < 4.78 is 1.61. The molecule has 106 valence electrons. The Labute approximate surface area is 118 Å². The molecule has 1 fully saturated rings. The van der Waals surface area contributed by atoms with Crippen LogP contribution in [-0.4, -0.2) is 35.5 Å². The van der Waals surface area contributed by atoms with Gasteiger partial charge in [-0.2, -0.15) is 0 Å². The van der Waals surface area contributed by atoms with Gasteiger partial charge in [0.2, 0.25) is 5.91 Å². The largest absolute Gasteiger partial charge is 0.366 e. The Hall–Kier alpha value is -1.53. The van der Waals surface area contributed by atoms with Gasteiger partial charge in [0.15, 0.2) is 0 Å². The second kappa shape index (κ2) is 6.58. The van der Waals surface area contributed by atoms with E-state index in [-0.39, 0.29) is 18.3 Å². The summed E-state index contributed by atoms with van der Waals surface area (Å²) in [5, 5.41) is 6.17.